The molecule has 1 saturated carbocycles. The van der Waals surface area contributed by atoms with Crippen LogP contribution in [0, 0.1) is 0 Å². The van der Waals surface area contributed by atoms with Gasteiger partial charge in [-0.25, -0.2) is 0 Å². The van der Waals surface area contributed by atoms with E-state index in [0.717, 1.165) is 36.1 Å². The first-order valence-electron chi connectivity index (χ1n) is 9.07. The van der Waals surface area contributed by atoms with Gasteiger partial charge in [-0.05, 0) is 49.4 Å². The highest BCUT2D eigenvalue weighted by Gasteiger charge is 2.43. The fourth-order valence-electron chi connectivity index (χ4n) is 4.11. The van der Waals surface area contributed by atoms with Crippen LogP contribution in [0.4, 0.5) is 0 Å². The molecule has 1 heterocycles. The van der Waals surface area contributed by atoms with E-state index in [9.17, 15) is 4.79 Å². The molecule has 4 rings (SSSR count). The lowest BCUT2D eigenvalue weighted by molar-refractivity contribution is 0.0360. The van der Waals surface area contributed by atoms with Crippen molar-refractivity contribution in [3.8, 4) is 5.75 Å². The third-order valence-electron chi connectivity index (χ3n) is 5.47. The highest BCUT2D eigenvalue weighted by atomic mass is 35.5. The highest BCUT2D eigenvalue weighted by molar-refractivity contribution is 5.94. The molecule has 1 unspecified atom stereocenters. The second kappa shape index (κ2) is 7.68. The second-order valence-corrected chi connectivity index (χ2v) is 7.16. The first-order chi connectivity index (χ1) is 12.2. The predicted molar refractivity (Wildman–Crippen MR) is 105 cm³/mol. The molecule has 1 spiro atoms. The summed E-state index contributed by atoms with van der Waals surface area (Å²) in [5, 5.41) is 3.23. The first kappa shape index (κ1) is 18.7. The lowest BCUT2D eigenvalue weighted by atomic mass is 9.86. The summed E-state index contributed by atoms with van der Waals surface area (Å²) in [4.78, 5) is 12.7. The molecule has 138 valence electrons. The van der Waals surface area contributed by atoms with Crippen molar-refractivity contribution in [3.63, 3.8) is 0 Å². The van der Waals surface area contributed by atoms with Gasteiger partial charge in [0, 0.05) is 24.1 Å². The number of amides is 1. The Hall–Kier alpha value is -2.04. The molecule has 0 bridgehead atoms. The van der Waals surface area contributed by atoms with E-state index in [0.29, 0.717) is 12.1 Å². The van der Waals surface area contributed by atoms with Gasteiger partial charge in [0.25, 0.3) is 5.91 Å². The summed E-state index contributed by atoms with van der Waals surface area (Å²) < 4.78 is 6.36. The molecule has 1 aliphatic carbocycles. The molecule has 3 N–H and O–H groups in total. The molecule has 2 aromatic carbocycles. The van der Waals surface area contributed by atoms with Gasteiger partial charge in [0.15, 0.2) is 0 Å². The number of ether oxygens (including phenoxy) is 1. The zero-order chi connectivity index (χ0) is 17.3. The van der Waals surface area contributed by atoms with Crippen LogP contribution in [0.15, 0.2) is 48.5 Å². The Morgan fingerprint density at radius 1 is 1.12 bits per heavy atom. The molecular formula is C21H25ClN2O2. The van der Waals surface area contributed by atoms with Gasteiger partial charge in [0.1, 0.15) is 11.4 Å². The zero-order valence-electron chi connectivity index (χ0n) is 14.7. The molecule has 1 amide bonds. The maximum atomic E-state index is 12.7. The summed E-state index contributed by atoms with van der Waals surface area (Å²) in [7, 11) is 0. The van der Waals surface area contributed by atoms with Crippen molar-refractivity contribution in [2.75, 3.05) is 0 Å². The Bertz CT molecular complexity index is 770. The molecule has 5 heteroatoms. The minimum Gasteiger partial charge on any atom is -0.487 e. The summed E-state index contributed by atoms with van der Waals surface area (Å²) in [5.41, 5.74) is 8.28. The molecule has 0 saturated heterocycles. The van der Waals surface area contributed by atoms with Gasteiger partial charge in [0.05, 0.1) is 6.04 Å². The number of fused-ring (bicyclic) bond motifs is 1. The van der Waals surface area contributed by atoms with Gasteiger partial charge in [-0.3, -0.25) is 4.79 Å². The van der Waals surface area contributed by atoms with E-state index < -0.39 is 0 Å². The van der Waals surface area contributed by atoms with Crippen molar-refractivity contribution in [2.24, 2.45) is 5.73 Å². The molecule has 0 aromatic heterocycles. The van der Waals surface area contributed by atoms with Gasteiger partial charge >= 0.3 is 0 Å². The van der Waals surface area contributed by atoms with Crippen LogP contribution in [0.25, 0.3) is 0 Å². The number of hydrogen-bond donors (Lipinski definition) is 2. The van der Waals surface area contributed by atoms with Gasteiger partial charge in [-0.15, -0.1) is 12.4 Å². The first-order valence-corrected chi connectivity index (χ1v) is 9.07. The van der Waals surface area contributed by atoms with Crippen molar-refractivity contribution >= 4 is 18.3 Å². The predicted octanol–water partition coefficient (Wildman–Crippen LogP) is 4.13. The van der Waals surface area contributed by atoms with Crippen molar-refractivity contribution in [3.05, 3.63) is 65.2 Å². The molecule has 1 fully saturated rings. The Morgan fingerprint density at radius 2 is 1.81 bits per heavy atom. The van der Waals surface area contributed by atoms with E-state index >= 15 is 0 Å². The molecular weight excluding hydrogens is 348 g/mol. The summed E-state index contributed by atoms with van der Waals surface area (Å²) in [6, 6.07) is 15.6. The molecule has 0 radical (unpaired) electrons. The number of nitrogens with two attached hydrogens (primary N) is 1. The van der Waals surface area contributed by atoms with Crippen LogP contribution < -0.4 is 15.8 Å². The van der Waals surface area contributed by atoms with Crippen molar-refractivity contribution in [1.82, 2.24) is 5.32 Å². The summed E-state index contributed by atoms with van der Waals surface area (Å²) >= 11 is 0. The maximum Gasteiger partial charge on any atom is 0.251 e. The van der Waals surface area contributed by atoms with E-state index in [1.807, 2.05) is 42.5 Å². The number of carbonyl (C=O) groups is 1. The maximum absolute atomic E-state index is 12.7. The zero-order valence-corrected chi connectivity index (χ0v) is 15.6. The smallest absolute Gasteiger partial charge is 0.251 e. The van der Waals surface area contributed by atoms with Crippen LogP contribution in [0.1, 0.15) is 59.6 Å². The van der Waals surface area contributed by atoms with Gasteiger partial charge in [-0.2, -0.15) is 0 Å². The van der Waals surface area contributed by atoms with Crippen LogP contribution >= 0.6 is 12.4 Å². The molecule has 26 heavy (non-hydrogen) atoms. The normalized spacial score (nSPS) is 20.0. The summed E-state index contributed by atoms with van der Waals surface area (Å²) in [6.45, 7) is 0.484. The van der Waals surface area contributed by atoms with E-state index in [1.165, 1.54) is 12.8 Å². The quantitative estimate of drug-likeness (QED) is 0.851. The van der Waals surface area contributed by atoms with E-state index in [2.05, 4.69) is 11.4 Å². The Morgan fingerprint density at radius 3 is 2.50 bits per heavy atom. The van der Waals surface area contributed by atoms with Crippen molar-refractivity contribution in [2.45, 2.75) is 50.3 Å². The van der Waals surface area contributed by atoms with Crippen molar-refractivity contribution < 1.29 is 9.53 Å². The van der Waals surface area contributed by atoms with Crippen LogP contribution in [-0.2, 0) is 6.54 Å². The lowest BCUT2D eigenvalue weighted by Gasteiger charge is -2.40. The molecule has 2 aromatic rings. The Balaban J connectivity index is 0.00000196. The average Bonchev–Trinajstić information content (AvgIpc) is 3.09. The standard InChI is InChI=1S/C21H24N2O2.ClH/c22-14-15-7-9-16(10-8-15)20(24)23-18-13-21(11-3-4-12-21)25-19-6-2-1-5-17(18)19;/h1-2,5-10,18H,3-4,11-14,22H2,(H,23,24);1H. The minimum absolute atomic E-state index is 0. The third kappa shape index (κ3) is 3.57. The number of halogens is 1. The number of rotatable bonds is 3. The Kier molecular flexibility index (Phi) is 5.54. The molecule has 1 aliphatic heterocycles. The lowest BCUT2D eigenvalue weighted by Crippen LogP contribution is -2.43. The number of benzene rings is 2. The fraction of sp³-hybridized carbons (Fsp3) is 0.381. The Labute approximate surface area is 160 Å². The van der Waals surface area contributed by atoms with Gasteiger partial charge in [0.2, 0.25) is 0 Å². The number of hydrogen-bond acceptors (Lipinski definition) is 3. The average molecular weight is 373 g/mol. The van der Waals surface area contributed by atoms with Crippen LogP contribution in [0.2, 0.25) is 0 Å². The van der Waals surface area contributed by atoms with Crippen LogP contribution in [0.5, 0.6) is 5.75 Å². The number of carbonyl (C=O) groups excluding carboxylic acids is 1. The minimum atomic E-state index is -0.115. The van der Waals surface area contributed by atoms with Crippen LogP contribution in [-0.4, -0.2) is 11.5 Å². The summed E-state index contributed by atoms with van der Waals surface area (Å²) in [6.07, 6.45) is 5.38. The van der Waals surface area contributed by atoms with E-state index in [1.54, 1.807) is 0 Å². The topological polar surface area (TPSA) is 64.4 Å². The van der Waals surface area contributed by atoms with E-state index in [-0.39, 0.29) is 30.0 Å². The fourth-order valence-corrected chi connectivity index (χ4v) is 4.11. The highest BCUT2D eigenvalue weighted by Crippen LogP contribution is 2.47. The molecule has 2 aliphatic rings. The molecule has 1 atom stereocenters. The largest absolute Gasteiger partial charge is 0.487 e. The number of nitrogens with one attached hydrogen (secondary N) is 1. The second-order valence-electron chi connectivity index (χ2n) is 7.16. The SMILES string of the molecule is Cl.NCc1ccc(C(=O)NC2CC3(CCCC3)Oc3ccccc32)cc1. The van der Waals surface area contributed by atoms with Crippen LogP contribution in [0.3, 0.4) is 0 Å². The van der Waals surface area contributed by atoms with Gasteiger partial charge < -0.3 is 15.8 Å². The monoisotopic (exact) mass is 372 g/mol. The van der Waals surface area contributed by atoms with Crippen molar-refractivity contribution in [1.29, 1.82) is 0 Å². The third-order valence-corrected chi connectivity index (χ3v) is 5.47. The van der Waals surface area contributed by atoms with Gasteiger partial charge in [-0.1, -0.05) is 30.3 Å². The summed E-state index contributed by atoms with van der Waals surface area (Å²) in [5.74, 6) is 0.873. The van der Waals surface area contributed by atoms with E-state index in [4.69, 9.17) is 10.5 Å². The molecule has 4 nitrogen and oxygen atoms in total. The number of para-hydroxylation sites is 1.